The van der Waals surface area contributed by atoms with Gasteiger partial charge in [-0.2, -0.15) is 0 Å². The van der Waals surface area contributed by atoms with Gasteiger partial charge in [0.2, 0.25) is 16.9 Å². The molecule has 0 radical (unpaired) electrons. The van der Waals surface area contributed by atoms with Crippen LogP contribution in [-0.4, -0.2) is 44.9 Å². The molecule has 2 atom stereocenters. The number of carboxylic acid groups (broad SMARTS) is 1. The van der Waals surface area contributed by atoms with Crippen LogP contribution in [0.25, 0.3) is 0 Å². The maximum absolute atomic E-state index is 12.5. The van der Waals surface area contributed by atoms with Crippen LogP contribution in [0.1, 0.15) is 18.9 Å². The van der Waals surface area contributed by atoms with E-state index in [9.17, 15) is 14.4 Å². The molecule has 1 aliphatic heterocycles. The summed E-state index contributed by atoms with van der Waals surface area (Å²) in [6.07, 6.45) is 0.135. The third kappa shape index (κ3) is 4.64. The van der Waals surface area contributed by atoms with Crippen LogP contribution in [0.15, 0.2) is 28.6 Å². The van der Waals surface area contributed by atoms with E-state index in [1.54, 1.807) is 11.8 Å². The number of hydrogen-bond donors (Lipinski definition) is 2. The van der Waals surface area contributed by atoms with Gasteiger partial charge in [-0.25, -0.2) is 0 Å². The minimum atomic E-state index is -0.943. The van der Waals surface area contributed by atoms with E-state index >= 15 is 0 Å². The van der Waals surface area contributed by atoms with Gasteiger partial charge in [-0.1, -0.05) is 35.2 Å². The first-order valence-electron chi connectivity index (χ1n) is 8.24. The molecule has 27 heavy (non-hydrogen) atoms. The number of rotatable bonds is 6. The number of aliphatic carboxylic acids is 1. The van der Waals surface area contributed by atoms with Gasteiger partial charge in [0.15, 0.2) is 4.34 Å². The van der Waals surface area contributed by atoms with Gasteiger partial charge in [0, 0.05) is 18.7 Å². The highest BCUT2D eigenvalue weighted by Gasteiger charge is 2.35. The molecule has 0 aliphatic carbocycles. The summed E-state index contributed by atoms with van der Waals surface area (Å²) in [6, 6.07) is 7.59. The fourth-order valence-corrected chi connectivity index (χ4v) is 4.48. The summed E-state index contributed by atoms with van der Waals surface area (Å²) >= 11 is 2.18. The standard InChI is InChI=1S/C17H18N4O4S2/c1-9-4-3-5-12(6-9)21-8-11(7-13(21)22)14(23)18-16-19-20-17(27-16)26-10(2)15(24)25/h3-6,10-11H,7-8H2,1-2H3,(H,24,25)(H,18,19,23)/t10-,11+/m1/s1. The molecule has 1 aromatic carbocycles. The second kappa shape index (κ2) is 8.05. The molecule has 0 unspecified atom stereocenters. The van der Waals surface area contributed by atoms with Crippen LogP contribution >= 0.6 is 23.1 Å². The lowest BCUT2D eigenvalue weighted by Crippen LogP contribution is -2.28. The van der Waals surface area contributed by atoms with Crippen molar-refractivity contribution in [1.82, 2.24) is 10.2 Å². The van der Waals surface area contributed by atoms with Gasteiger partial charge in [-0.15, -0.1) is 10.2 Å². The van der Waals surface area contributed by atoms with Gasteiger partial charge < -0.3 is 15.3 Å². The van der Waals surface area contributed by atoms with Crippen molar-refractivity contribution >= 4 is 51.7 Å². The Labute approximate surface area is 164 Å². The molecule has 2 aromatic rings. The van der Waals surface area contributed by atoms with Gasteiger partial charge in [0.05, 0.1) is 5.92 Å². The molecule has 0 bridgehead atoms. The number of thioether (sulfide) groups is 1. The number of aromatic nitrogens is 2. The Morgan fingerprint density at radius 3 is 2.89 bits per heavy atom. The summed E-state index contributed by atoms with van der Waals surface area (Å²) in [4.78, 5) is 37.3. The summed E-state index contributed by atoms with van der Waals surface area (Å²) in [6.45, 7) is 3.81. The largest absolute Gasteiger partial charge is 0.480 e. The number of benzene rings is 1. The number of nitrogens with one attached hydrogen (secondary N) is 1. The van der Waals surface area contributed by atoms with Gasteiger partial charge in [0.25, 0.3) is 0 Å². The van der Waals surface area contributed by atoms with E-state index in [-0.39, 0.29) is 18.2 Å². The topological polar surface area (TPSA) is 112 Å². The summed E-state index contributed by atoms with van der Waals surface area (Å²) < 4.78 is 0.462. The zero-order chi connectivity index (χ0) is 19.6. The highest BCUT2D eigenvalue weighted by molar-refractivity contribution is 8.02. The normalized spacial score (nSPS) is 17.8. The van der Waals surface area contributed by atoms with Crippen molar-refractivity contribution in [1.29, 1.82) is 0 Å². The van der Waals surface area contributed by atoms with Crippen LogP contribution in [0.3, 0.4) is 0 Å². The Balaban J connectivity index is 1.61. The SMILES string of the molecule is Cc1cccc(N2C[C@@H](C(=O)Nc3nnc(S[C@H](C)C(=O)O)s3)CC2=O)c1. The zero-order valence-electron chi connectivity index (χ0n) is 14.7. The Kier molecular flexibility index (Phi) is 5.76. The molecule has 1 aromatic heterocycles. The first-order chi connectivity index (χ1) is 12.8. The number of hydrogen-bond acceptors (Lipinski definition) is 7. The smallest absolute Gasteiger partial charge is 0.316 e. The van der Waals surface area contributed by atoms with Crippen molar-refractivity contribution in [2.75, 3.05) is 16.8 Å². The summed E-state index contributed by atoms with van der Waals surface area (Å²) in [7, 11) is 0. The van der Waals surface area contributed by atoms with Gasteiger partial charge in [-0.3, -0.25) is 14.4 Å². The first kappa shape index (κ1) is 19.3. The lowest BCUT2D eigenvalue weighted by Gasteiger charge is -2.17. The van der Waals surface area contributed by atoms with E-state index in [2.05, 4.69) is 15.5 Å². The molecule has 8 nitrogen and oxygen atoms in total. The Hall–Kier alpha value is -2.46. The van der Waals surface area contributed by atoms with Crippen LogP contribution in [0.2, 0.25) is 0 Å². The molecule has 1 saturated heterocycles. The predicted octanol–water partition coefficient (Wildman–Crippen LogP) is 2.40. The molecular formula is C17H18N4O4S2. The monoisotopic (exact) mass is 406 g/mol. The number of aryl methyl sites for hydroxylation is 1. The van der Waals surface area contributed by atoms with Crippen LogP contribution < -0.4 is 10.2 Å². The molecule has 2 N–H and O–H groups in total. The van der Waals surface area contributed by atoms with E-state index in [0.29, 0.717) is 16.0 Å². The third-order valence-corrected chi connectivity index (χ3v) is 6.08. The quantitative estimate of drug-likeness (QED) is 0.559. The Bertz CT molecular complexity index is 885. The molecule has 0 spiro atoms. The van der Waals surface area contributed by atoms with Gasteiger partial charge >= 0.3 is 5.97 Å². The van der Waals surface area contributed by atoms with Crippen LogP contribution in [0.4, 0.5) is 10.8 Å². The van der Waals surface area contributed by atoms with Crippen molar-refractivity contribution in [3.8, 4) is 0 Å². The first-order valence-corrected chi connectivity index (χ1v) is 9.94. The lowest BCUT2D eigenvalue weighted by molar-refractivity contribution is -0.136. The van der Waals surface area contributed by atoms with Crippen molar-refractivity contribution in [2.45, 2.75) is 29.9 Å². The molecule has 2 amide bonds. The second-order valence-electron chi connectivity index (χ2n) is 6.21. The van der Waals surface area contributed by atoms with Crippen LogP contribution in [-0.2, 0) is 14.4 Å². The molecule has 0 saturated carbocycles. The fourth-order valence-electron chi connectivity index (χ4n) is 2.65. The van der Waals surface area contributed by atoms with Crippen LogP contribution in [0.5, 0.6) is 0 Å². The third-order valence-electron chi connectivity index (χ3n) is 4.07. The van der Waals surface area contributed by atoms with Gasteiger partial charge in [0.1, 0.15) is 5.25 Å². The number of carbonyl (C=O) groups is 3. The summed E-state index contributed by atoms with van der Waals surface area (Å²) in [5.41, 5.74) is 1.83. The number of amides is 2. The molecule has 3 rings (SSSR count). The minimum Gasteiger partial charge on any atom is -0.480 e. The Morgan fingerprint density at radius 2 is 2.19 bits per heavy atom. The Morgan fingerprint density at radius 1 is 1.41 bits per heavy atom. The second-order valence-corrected chi connectivity index (χ2v) is 8.77. The molecule has 2 heterocycles. The highest BCUT2D eigenvalue weighted by Crippen LogP contribution is 2.30. The molecule has 1 aliphatic rings. The maximum Gasteiger partial charge on any atom is 0.316 e. The number of nitrogens with zero attached hydrogens (tertiary/aromatic N) is 3. The van der Waals surface area contributed by atoms with E-state index in [0.717, 1.165) is 34.3 Å². The molecule has 10 heteroatoms. The number of carboxylic acids is 1. The molecule has 1 fully saturated rings. The summed E-state index contributed by atoms with van der Waals surface area (Å²) in [5, 5.41) is 19.0. The van der Waals surface area contributed by atoms with Crippen molar-refractivity contribution in [2.24, 2.45) is 5.92 Å². The average molecular weight is 406 g/mol. The van der Waals surface area contributed by atoms with E-state index in [1.807, 2.05) is 31.2 Å². The number of carbonyl (C=O) groups excluding carboxylic acids is 2. The van der Waals surface area contributed by atoms with E-state index in [1.165, 1.54) is 0 Å². The highest BCUT2D eigenvalue weighted by atomic mass is 32.2. The summed E-state index contributed by atoms with van der Waals surface area (Å²) in [5.74, 6) is -1.81. The van der Waals surface area contributed by atoms with Gasteiger partial charge in [-0.05, 0) is 31.5 Å². The maximum atomic E-state index is 12.5. The number of anilines is 2. The van der Waals surface area contributed by atoms with Crippen molar-refractivity contribution in [3.63, 3.8) is 0 Å². The van der Waals surface area contributed by atoms with Crippen molar-refractivity contribution < 1.29 is 19.5 Å². The molecular weight excluding hydrogens is 388 g/mol. The lowest BCUT2D eigenvalue weighted by atomic mass is 10.1. The van der Waals surface area contributed by atoms with E-state index < -0.39 is 17.1 Å². The van der Waals surface area contributed by atoms with E-state index in [4.69, 9.17) is 5.11 Å². The predicted molar refractivity (Wildman–Crippen MR) is 103 cm³/mol. The minimum absolute atomic E-state index is 0.0930. The molecule has 142 valence electrons. The zero-order valence-corrected chi connectivity index (χ0v) is 16.3. The fraction of sp³-hybridized carbons (Fsp3) is 0.353. The van der Waals surface area contributed by atoms with Crippen molar-refractivity contribution in [3.05, 3.63) is 29.8 Å². The van der Waals surface area contributed by atoms with Crippen LogP contribution in [0, 0.1) is 12.8 Å². The average Bonchev–Trinajstić information content (AvgIpc) is 3.21.